The van der Waals surface area contributed by atoms with Crippen molar-refractivity contribution >= 4 is 23.2 Å². The maximum atomic E-state index is 12.6. The molecule has 2 aromatic carbocycles. The molecule has 0 spiro atoms. The van der Waals surface area contributed by atoms with Crippen molar-refractivity contribution in [3.8, 4) is 6.07 Å². The van der Waals surface area contributed by atoms with Gasteiger partial charge in [-0.25, -0.2) is 9.97 Å². The summed E-state index contributed by atoms with van der Waals surface area (Å²) in [5, 5.41) is 14.2. The number of alkyl halides is 3. The number of hydrogen-bond donors (Lipinski definition) is 2. The first-order valence-electron chi connectivity index (χ1n) is 7.94. The number of amides is 1. The summed E-state index contributed by atoms with van der Waals surface area (Å²) in [6, 6.07) is 14.0. The number of anilines is 3. The quantitative estimate of drug-likeness (QED) is 0.698. The van der Waals surface area contributed by atoms with Crippen LogP contribution >= 0.6 is 0 Å². The zero-order valence-electron chi connectivity index (χ0n) is 14.2. The molecule has 3 rings (SSSR count). The van der Waals surface area contributed by atoms with Gasteiger partial charge in [0, 0.05) is 17.6 Å². The number of hydrogen-bond acceptors (Lipinski definition) is 5. The molecule has 3 aromatic rings. The third-order valence-electron chi connectivity index (χ3n) is 3.63. The fraction of sp³-hybridized carbons (Fsp3) is 0.0526. The van der Waals surface area contributed by atoms with Crippen LogP contribution in [0.4, 0.5) is 30.5 Å². The van der Waals surface area contributed by atoms with E-state index in [-0.39, 0.29) is 11.6 Å². The summed E-state index contributed by atoms with van der Waals surface area (Å²) in [5.74, 6) is -0.435. The second-order valence-electron chi connectivity index (χ2n) is 5.61. The van der Waals surface area contributed by atoms with E-state index in [9.17, 15) is 18.0 Å². The molecule has 28 heavy (non-hydrogen) atoms. The van der Waals surface area contributed by atoms with E-state index < -0.39 is 17.6 Å². The molecule has 0 atom stereocenters. The number of benzene rings is 2. The minimum atomic E-state index is -4.42. The van der Waals surface area contributed by atoms with Crippen molar-refractivity contribution in [2.24, 2.45) is 0 Å². The molecule has 0 radical (unpaired) electrons. The van der Waals surface area contributed by atoms with Crippen LogP contribution in [0.2, 0.25) is 0 Å². The Morgan fingerprint density at radius 3 is 2.21 bits per heavy atom. The van der Waals surface area contributed by atoms with E-state index in [0.717, 1.165) is 12.1 Å². The topological polar surface area (TPSA) is 90.7 Å². The zero-order valence-corrected chi connectivity index (χ0v) is 14.2. The lowest BCUT2D eigenvalue weighted by atomic mass is 10.2. The Balaban J connectivity index is 1.71. The van der Waals surface area contributed by atoms with E-state index in [1.165, 1.54) is 24.4 Å². The molecule has 6 nitrogen and oxygen atoms in total. The highest BCUT2D eigenvalue weighted by Gasteiger charge is 2.29. The molecule has 0 saturated heterocycles. The maximum Gasteiger partial charge on any atom is 0.416 e. The van der Waals surface area contributed by atoms with Crippen molar-refractivity contribution in [1.82, 2.24) is 9.97 Å². The van der Waals surface area contributed by atoms with Gasteiger partial charge in [-0.15, -0.1) is 0 Å². The highest BCUT2D eigenvalue weighted by atomic mass is 19.4. The van der Waals surface area contributed by atoms with Crippen LogP contribution in [0.25, 0.3) is 0 Å². The molecule has 0 fully saturated rings. The van der Waals surface area contributed by atoms with Gasteiger partial charge in [-0.1, -0.05) is 0 Å². The van der Waals surface area contributed by atoms with Crippen molar-refractivity contribution in [1.29, 1.82) is 5.26 Å². The van der Waals surface area contributed by atoms with Crippen LogP contribution in [0.3, 0.4) is 0 Å². The summed E-state index contributed by atoms with van der Waals surface area (Å²) < 4.78 is 37.8. The molecule has 2 N–H and O–H groups in total. The van der Waals surface area contributed by atoms with Crippen LogP contribution in [-0.2, 0) is 6.18 Å². The first-order valence-corrected chi connectivity index (χ1v) is 7.94. The number of nitrogens with one attached hydrogen (secondary N) is 2. The number of carbonyl (C=O) groups is 1. The molecule has 1 heterocycles. The van der Waals surface area contributed by atoms with E-state index in [4.69, 9.17) is 5.26 Å². The summed E-state index contributed by atoms with van der Waals surface area (Å²) in [6.45, 7) is 0. The van der Waals surface area contributed by atoms with Gasteiger partial charge in [-0.3, -0.25) is 4.79 Å². The third-order valence-corrected chi connectivity index (χ3v) is 3.63. The van der Waals surface area contributed by atoms with Gasteiger partial charge in [0.15, 0.2) is 0 Å². The van der Waals surface area contributed by atoms with Crippen LogP contribution in [0.1, 0.15) is 21.6 Å². The van der Waals surface area contributed by atoms with Crippen molar-refractivity contribution < 1.29 is 18.0 Å². The standard InChI is InChI=1S/C19H12F3N5O/c20-19(21,22)13-3-7-15(8-4-13)26-18-24-10-9-16(27-18)17(28)25-14-5-1-12(11-23)2-6-14/h1-10H,(H,25,28)(H,24,26,27). The monoisotopic (exact) mass is 383 g/mol. The van der Waals surface area contributed by atoms with E-state index in [0.29, 0.717) is 16.9 Å². The van der Waals surface area contributed by atoms with Crippen LogP contribution < -0.4 is 10.6 Å². The van der Waals surface area contributed by atoms with E-state index in [1.54, 1.807) is 24.3 Å². The number of aromatic nitrogens is 2. The summed E-state index contributed by atoms with van der Waals surface area (Å²) >= 11 is 0. The first kappa shape index (κ1) is 18.8. The smallest absolute Gasteiger partial charge is 0.324 e. The number of nitrogens with zero attached hydrogens (tertiary/aromatic N) is 3. The Hall–Kier alpha value is -3.93. The minimum absolute atomic E-state index is 0.0623. The lowest BCUT2D eigenvalue weighted by Crippen LogP contribution is -2.14. The average molecular weight is 383 g/mol. The first-order chi connectivity index (χ1) is 13.3. The minimum Gasteiger partial charge on any atom is -0.324 e. The van der Waals surface area contributed by atoms with Crippen LogP contribution in [-0.4, -0.2) is 15.9 Å². The highest BCUT2D eigenvalue weighted by molar-refractivity contribution is 6.03. The van der Waals surface area contributed by atoms with E-state index >= 15 is 0 Å². The van der Waals surface area contributed by atoms with Crippen LogP contribution in [0, 0.1) is 11.3 Å². The number of nitriles is 1. The Labute approximate surface area is 157 Å². The molecule has 0 aliphatic rings. The number of halogens is 3. The summed E-state index contributed by atoms with van der Waals surface area (Å²) in [6.07, 6.45) is -3.06. The van der Waals surface area contributed by atoms with E-state index in [1.807, 2.05) is 6.07 Å². The van der Waals surface area contributed by atoms with Gasteiger partial charge in [0.25, 0.3) is 5.91 Å². The fourth-order valence-corrected chi connectivity index (χ4v) is 2.24. The van der Waals surface area contributed by atoms with Gasteiger partial charge in [-0.05, 0) is 54.6 Å². The lowest BCUT2D eigenvalue weighted by Gasteiger charge is -2.09. The number of rotatable bonds is 4. The van der Waals surface area contributed by atoms with Gasteiger partial charge in [0.1, 0.15) is 5.69 Å². The van der Waals surface area contributed by atoms with E-state index in [2.05, 4.69) is 20.6 Å². The predicted octanol–water partition coefficient (Wildman–Crippen LogP) is 4.36. The molecule has 0 bridgehead atoms. The van der Waals surface area contributed by atoms with Crippen molar-refractivity contribution in [3.05, 3.63) is 77.6 Å². The van der Waals surface area contributed by atoms with Crippen LogP contribution in [0.15, 0.2) is 60.8 Å². The molecular weight excluding hydrogens is 371 g/mol. The molecule has 1 amide bonds. The van der Waals surface area contributed by atoms with Crippen molar-refractivity contribution in [2.45, 2.75) is 6.18 Å². The lowest BCUT2D eigenvalue weighted by molar-refractivity contribution is -0.137. The largest absolute Gasteiger partial charge is 0.416 e. The Morgan fingerprint density at radius 1 is 0.964 bits per heavy atom. The Morgan fingerprint density at radius 2 is 1.61 bits per heavy atom. The van der Waals surface area contributed by atoms with Crippen molar-refractivity contribution in [3.63, 3.8) is 0 Å². The molecule has 1 aromatic heterocycles. The number of carbonyl (C=O) groups excluding carboxylic acids is 1. The Bertz CT molecular complexity index is 1030. The summed E-state index contributed by atoms with van der Waals surface area (Å²) in [4.78, 5) is 20.3. The van der Waals surface area contributed by atoms with Gasteiger partial charge in [0.05, 0.1) is 17.2 Å². The molecule has 0 unspecified atom stereocenters. The predicted molar refractivity (Wildman–Crippen MR) is 95.9 cm³/mol. The van der Waals surface area contributed by atoms with Crippen molar-refractivity contribution in [2.75, 3.05) is 10.6 Å². The maximum absolute atomic E-state index is 12.6. The fourth-order valence-electron chi connectivity index (χ4n) is 2.24. The normalized spacial score (nSPS) is 10.8. The van der Waals surface area contributed by atoms with Gasteiger partial charge in [0.2, 0.25) is 5.95 Å². The summed E-state index contributed by atoms with van der Waals surface area (Å²) in [7, 11) is 0. The molecular formula is C19H12F3N5O. The molecule has 9 heteroatoms. The Kier molecular flexibility index (Phi) is 5.22. The molecule has 0 aliphatic carbocycles. The van der Waals surface area contributed by atoms with Gasteiger partial charge >= 0.3 is 6.18 Å². The molecule has 0 aliphatic heterocycles. The second kappa shape index (κ2) is 7.75. The molecule has 0 saturated carbocycles. The third kappa shape index (κ3) is 4.62. The van der Waals surface area contributed by atoms with Gasteiger partial charge < -0.3 is 10.6 Å². The average Bonchev–Trinajstić information content (AvgIpc) is 2.68. The highest BCUT2D eigenvalue weighted by Crippen LogP contribution is 2.30. The molecule has 140 valence electrons. The summed E-state index contributed by atoms with van der Waals surface area (Å²) in [5.41, 5.74) is 0.587. The zero-order chi connectivity index (χ0) is 20.1. The second-order valence-corrected chi connectivity index (χ2v) is 5.61. The van der Waals surface area contributed by atoms with Gasteiger partial charge in [-0.2, -0.15) is 18.4 Å². The van der Waals surface area contributed by atoms with Crippen LogP contribution in [0.5, 0.6) is 0 Å². The SMILES string of the molecule is N#Cc1ccc(NC(=O)c2ccnc(Nc3ccc(C(F)(F)F)cc3)n2)cc1.